The number of nitrogens with one attached hydrogen (secondary N) is 1. The molecule has 7 nitrogen and oxygen atoms in total. The van der Waals surface area contributed by atoms with E-state index in [-0.39, 0.29) is 19.6 Å². The Morgan fingerprint density at radius 1 is 1.40 bits per heavy atom. The number of aliphatic hydroxyl groups excluding tert-OH is 1. The third kappa shape index (κ3) is 4.96. The lowest BCUT2D eigenvalue weighted by atomic mass is 10.2. The lowest BCUT2D eigenvalue weighted by Crippen LogP contribution is -2.33. The quantitative estimate of drug-likeness (QED) is 0.640. The maximum atomic E-state index is 11.4. The first-order chi connectivity index (χ1) is 9.54. The lowest BCUT2D eigenvalue weighted by molar-refractivity contribution is -0.147. The van der Waals surface area contributed by atoms with Gasteiger partial charge in [-0.15, -0.1) is 0 Å². The summed E-state index contributed by atoms with van der Waals surface area (Å²) in [5, 5.41) is 28.7. The molecule has 1 rings (SSSR count). The van der Waals surface area contributed by atoms with Crippen molar-refractivity contribution in [3.63, 3.8) is 0 Å². The molecule has 1 atom stereocenters. The van der Waals surface area contributed by atoms with Crippen molar-refractivity contribution in [2.45, 2.75) is 12.5 Å². The Morgan fingerprint density at radius 3 is 2.75 bits per heavy atom. The largest absolute Gasteiger partial charge is 0.482 e. The maximum absolute atomic E-state index is 11.4. The van der Waals surface area contributed by atoms with Crippen molar-refractivity contribution in [1.82, 2.24) is 5.32 Å². The maximum Gasteiger partial charge on any atom is 0.332 e. The number of benzene rings is 1. The van der Waals surface area contributed by atoms with Gasteiger partial charge in [0.15, 0.2) is 12.7 Å². The molecule has 0 aliphatic carbocycles. The highest BCUT2D eigenvalue weighted by molar-refractivity contribution is 5.77. The van der Waals surface area contributed by atoms with Crippen molar-refractivity contribution >= 4 is 11.9 Å². The summed E-state index contributed by atoms with van der Waals surface area (Å²) in [5.41, 5.74) is 0.321. The summed E-state index contributed by atoms with van der Waals surface area (Å²) in [6.07, 6.45) is -1.59. The molecule has 1 amide bonds. The van der Waals surface area contributed by atoms with Gasteiger partial charge in [-0.05, 0) is 12.1 Å². The Hall–Kier alpha value is -2.59. The second-order valence-electron chi connectivity index (χ2n) is 3.89. The highest BCUT2D eigenvalue weighted by atomic mass is 16.5. The third-order valence-electron chi connectivity index (χ3n) is 2.39. The summed E-state index contributed by atoms with van der Waals surface area (Å²) in [6.45, 7) is -0.266. The number of ether oxygens (including phenoxy) is 1. The van der Waals surface area contributed by atoms with Gasteiger partial charge in [0.25, 0.3) is 5.91 Å². The van der Waals surface area contributed by atoms with Crippen molar-refractivity contribution in [1.29, 1.82) is 5.26 Å². The van der Waals surface area contributed by atoms with Gasteiger partial charge in [0.2, 0.25) is 0 Å². The monoisotopic (exact) mass is 278 g/mol. The fourth-order valence-corrected chi connectivity index (χ4v) is 1.35. The first-order valence-corrected chi connectivity index (χ1v) is 5.84. The molecule has 0 aromatic heterocycles. The van der Waals surface area contributed by atoms with Crippen molar-refractivity contribution < 1.29 is 24.5 Å². The van der Waals surface area contributed by atoms with Gasteiger partial charge in [0.1, 0.15) is 11.8 Å². The highest BCUT2D eigenvalue weighted by Crippen LogP contribution is 2.15. The molecule has 0 aliphatic rings. The number of amides is 1. The van der Waals surface area contributed by atoms with Crippen LogP contribution in [0.15, 0.2) is 24.3 Å². The van der Waals surface area contributed by atoms with Gasteiger partial charge >= 0.3 is 5.97 Å². The summed E-state index contributed by atoms with van der Waals surface area (Å²) in [7, 11) is 0. The minimum Gasteiger partial charge on any atom is -0.482 e. The molecule has 0 heterocycles. The van der Waals surface area contributed by atoms with Gasteiger partial charge < -0.3 is 20.3 Å². The first-order valence-electron chi connectivity index (χ1n) is 5.84. The Balaban J connectivity index is 2.33. The summed E-state index contributed by atoms with van der Waals surface area (Å²) in [5.74, 6) is -1.50. The zero-order valence-electron chi connectivity index (χ0n) is 10.6. The average molecular weight is 278 g/mol. The van der Waals surface area contributed by atoms with E-state index >= 15 is 0 Å². The van der Waals surface area contributed by atoms with Crippen LogP contribution < -0.4 is 10.1 Å². The van der Waals surface area contributed by atoms with E-state index in [4.69, 9.17) is 20.2 Å². The Morgan fingerprint density at radius 2 is 2.10 bits per heavy atom. The summed E-state index contributed by atoms with van der Waals surface area (Å²) in [6, 6.07) is 8.43. The zero-order chi connectivity index (χ0) is 15.0. The van der Waals surface area contributed by atoms with Gasteiger partial charge in [-0.2, -0.15) is 5.26 Å². The number of aliphatic hydroxyl groups is 1. The first kappa shape index (κ1) is 15.5. The minimum atomic E-state index is -1.50. The van der Waals surface area contributed by atoms with Gasteiger partial charge in [-0.1, -0.05) is 12.1 Å². The van der Waals surface area contributed by atoms with Crippen LogP contribution >= 0.6 is 0 Å². The van der Waals surface area contributed by atoms with Crippen LogP contribution in [0.1, 0.15) is 12.0 Å². The molecule has 0 saturated heterocycles. The molecule has 0 bridgehead atoms. The molecule has 0 aliphatic heterocycles. The van der Waals surface area contributed by atoms with Crippen LogP contribution in [0.3, 0.4) is 0 Å². The average Bonchev–Trinajstić information content (AvgIpc) is 2.45. The van der Waals surface area contributed by atoms with E-state index in [1.807, 2.05) is 6.07 Å². The number of carbonyl (C=O) groups is 2. The van der Waals surface area contributed by atoms with Gasteiger partial charge in [0, 0.05) is 13.0 Å². The van der Waals surface area contributed by atoms with Gasteiger partial charge in [-0.3, -0.25) is 4.79 Å². The molecule has 0 unspecified atom stereocenters. The van der Waals surface area contributed by atoms with Crippen LogP contribution in [0.5, 0.6) is 5.75 Å². The summed E-state index contributed by atoms with van der Waals surface area (Å²) >= 11 is 0. The number of carboxylic acids is 1. The summed E-state index contributed by atoms with van der Waals surface area (Å²) < 4.78 is 5.18. The van der Waals surface area contributed by atoms with Crippen molar-refractivity contribution in [2.75, 3.05) is 13.2 Å². The molecule has 0 radical (unpaired) electrons. The molecule has 0 saturated carbocycles. The fourth-order valence-electron chi connectivity index (χ4n) is 1.35. The van der Waals surface area contributed by atoms with Crippen molar-refractivity contribution in [3.05, 3.63) is 29.8 Å². The second-order valence-corrected chi connectivity index (χ2v) is 3.89. The van der Waals surface area contributed by atoms with Crippen LogP contribution in [0.25, 0.3) is 0 Å². The number of nitrogens with zero attached hydrogens (tertiary/aromatic N) is 1. The van der Waals surface area contributed by atoms with Crippen LogP contribution in [-0.4, -0.2) is 41.3 Å². The van der Waals surface area contributed by atoms with Gasteiger partial charge in [-0.25, -0.2) is 4.79 Å². The predicted molar refractivity (Wildman–Crippen MR) is 67.9 cm³/mol. The Labute approximate surface area is 115 Å². The number of rotatable bonds is 7. The highest BCUT2D eigenvalue weighted by Gasteiger charge is 2.13. The van der Waals surface area contributed by atoms with E-state index in [0.29, 0.717) is 11.3 Å². The summed E-state index contributed by atoms with van der Waals surface area (Å²) in [4.78, 5) is 21.8. The minimum absolute atomic E-state index is 0.0234. The zero-order valence-corrected chi connectivity index (χ0v) is 10.6. The van der Waals surface area contributed by atoms with E-state index < -0.39 is 18.0 Å². The molecular weight excluding hydrogens is 264 g/mol. The van der Waals surface area contributed by atoms with Crippen LogP contribution in [-0.2, 0) is 9.59 Å². The smallest absolute Gasteiger partial charge is 0.332 e. The lowest BCUT2D eigenvalue weighted by Gasteiger charge is -2.09. The Kier molecular flexibility index (Phi) is 6.00. The van der Waals surface area contributed by atoms with Crippen LogP contribution in [0, 0.1) is 11.3 Å². The molecule has 0 fully saturated rings. The van der Waals surface area contributed by atoms with Crippen LogP contribution in [0.4, 0.5) is 0 Å². The molecule has 1 aromatic carbocycles. The number of carboxylic acid groups (broad SMARTS) is 1. The Bertz CT molecular complexity index is 524. The molecule has 0 spiro atoms. The molecule has 106 valence electrons. The number of carbonyl (C=O) groups excluding carboxylic acids is 1. The third-order valence-corrected chi connectivity index (χ3v) is 2.39. The van der Waals surface area contributed by atoms with E-state index in [2.05, 4.69) is 5.32 Å². The number of nitriles is 1. The number of para-hydroxylation sites is 1. The van der Waals surface area contributed by atoms with E-state index in [1.54, 1.807) is 24.3 Å². The standard InChI is InChI=1S/C13H14N2O5/c14-7-9-3-1-2-4-11(9)20-8-12(17)15-6-5-10(16)13(18)19/h1-4,10,16H,5-6,8H2,(H,15,17)(H,18,19)/t10-/m0/s1. The molecule has 20 heavy (non-hydrogen) atoms. The normalized spacial score (nSPS) is 11.2. The van der Waals surface area contributed by atoms with Crippen molar-refractivity contribution in [2.24, 2.45) is 0 Å². The topological polar surface area (TPSA) is 120 Å². The molecular formula is C13H14N2O5. The van der Waals surface area contributed by atoms with E-state index in [1.165, 1.54) is 0 Å². The molecule has 1 aromatic rings. The number of hydrogen-bond acceptors (Lipinski definition) is 5. The SMILES string of the molecule is N#Cc1ccccc1OCC(=O)NCC[C@H](O)C(=O)O. The van der Waals surface area contributed by atoms with E-state index in [0.717, 1.165) is 0 Å². The molecule has 3 N–H and O–H groups in total. The van der Waals surface area contributed by atoms with Crippen molar-refractivity contribution in [3.8, 4) is 11.8 Å². The molecule has 7 heteroatoms. The van der Waals surface area contributed by atoms with E-state index in [9.17, 15) is 9.59 Å². The number of hydrogen-bond donors (Lipinski definition) is 3. The van der Waals surface area contributed by atoms with Gasteiger partial charge in [0.05, 0.1) is 5.56 Å². The van der Waals surface area contributed by atoms with Crippen LogP contribution in [0.2, 0.25) is 0 Å². The predicted octanol–water partition coefficient (Wildman–Crippen LogP) is -0.111. The number of aliphatic carboxylic acids is 1. The second kappa shape index (κ2) is 7.76. The fraction of sp³-hybridized carbons (Fsp3) is 0.308.